The van der Waals surface area contributed by atoms with E-state index in [-0.39, 0.29) is 0 Å². The van der Waals surface area contributed by atoms with Gasteiger partial charge in [-0.25, -0.2) is 4.98 Å². The first-order valence-corrected chi connectivity index (χ1v) is 8.70. The maximum atomic E-state index is 10.3. The fourth-order valence-electron chi connectivity index (χ4n) is 2.38. The summed E-state index contributed by atoms with van der Waals surface area (Å²) >= 11 is 1.81. The molecule has 2 aromatic carbocycles. The Morgan fingerprint density at radius 2 is 1.83 bits per heavy atom. The second-order valence-corrected chi connectivity index (χ2v) is 6.50. The van der Waals surface area contributed by atoms with Crippen molar-refractivity contribution < 1.29 is 5.11 Å². The Kier molecular flexibility index (Phi) is 5.51. The summed E-state index contributed by atoms with van der Waals surface area (Å²) in [4.78, 5) is 5.23. The van der Waals surface area contributed by atoms with Crippen LogP contribution in [0, 0.1) is 0 Å². The largest absolute Gasteiger partial charge is 0.388 e. The first-order valence-electron chi connectivity index (χ1n) is 7.72. The molecular formula is C19H20N2OS. The Labute approximate surface area is 141 Å². The number of aromatic nitrogens is 2. The molecule has 1 atom stereocenters. The maximum Gasteiger partial charge on any atom is 0.0945 e. The predicted molar refractivity (Wildman–Crippen MR) is 94.2 cm³/mol. The van der Waals surface area contributed by atoms with Crippen molar-refractivity contribution >= 4 is 11.8 Å². The van der Waals surface area contributed by atoms with Gasteiger partial charge in [0, 0.05) is 29.6 Å². The van der Waals surface area contributed by atoms with E-state index < -0.39 is 6.10 Å². The number of imidazole rings is 1. The van der Waals surface area contributed by atoms with Crippen molar-refractivity contribution in [3.05, 3.63) is 84.4 Å². The molecule has 0 radical (unpaired) electrons. The molecule has 118 valence electrons. The van der Waals surface area contributed by atoms with Crippen molar-refractivity contribution in [2.24, 2.45) is 0 Å². The number of nitrogens with zero attached hydrogens (tertiary/aromatic N) is 2. The third-order valence-corrected chi connectivity index (χ3v) is 4.82. The first kappa shape index (κ1) is 15.8. The summed E-state index contributed by atoms with van der Waals surface area (Å²) in [6, 6.07) is 18.7. The number of rotatable bonds is 7. The Morgan fingerprint density at radius 3 is 2.52 bits per heavy atom. The maximum absolute atomic E-state index is 10.3. The predicted octanol–water partition coefficient (Wildman–Crippen LogP) is 4.30. The van der Waals surface area contributed by atoms with Gasteiger partial charge in [-0.05, 0) is 29.7 Å². The minimum absolute atomic E-state index is 0.439. The van der Waals surface area contributed by atoms with E-state index >= 15 is 0 Å². The van der Waals surface area contributed by atoms with Crippen molar-refractivity contribution in [2.45, 2.75) is 29.7 Å². The lowest BCUT2D eigenvalue weighted by Gasteiger charge is -2.12. The molecule has 0 amide bonds. The van der Waals surface area contributed by atoms with E-state index in [4.69, 9.17) is 0 Å². The number of aliphatic hydroxyl groups is 1. The van der Waals surface area contributed by atoms with Gasteiger partial charge in [-0.15, -0.1) is 11.8 Å². The fourth-order valence-corrected chi connectivity index (χ4v) is 3.24. The average Bonchev–Trinajstić information content (AvgIpc) is 3.13. The van der Waals surface area contributed by atoms with Gasteiger partial charge in [-0.3, -0.25) is 0 Å². The van der Waals surface area contributed by atoms with Crippen LogP contribution in [0.3, 0.4) is 0 Å². The van der Waals surface area contributed by atoms with Crippen molar-refractivity contribution in [3.8, 4) is 0 Å². The molecule has 3 nitrogen and oxygen atoms in total. The Hall–Kier alpha value is -2.04. The second-order valence-electron chi connectivity index (χ2n) is 5.45. The molecular weight excluding hydrogens is 304 g/mol. The van der Waals surface area contributed by atoms with Crippen LogP contribution >= 0.6 is 11.8 Å². The summed E-state index contributed by atoms with van der Waals surface area (Å²) in [6.45, 7) is 0.770. The molecule has 1 heterocycles. The topological polar surface area (TPSA) is 38.0 Å². The summed E-state index contributed by atoms with van der Waals surface area (Å²) in [5.41, 5.74) is 2.29. The van der Waals surface area contributed by atoms with Crippen molar-refractivity contribution in [1.82, 2.24) is 9.55 Å². The standard InChI is InChI=1S/C19H20N2OS/c22-19(10-12-21-13-11-20-15-21)17-6-8-18(9-7-17)23-14-16-4-2-1-3-5-16/h1-9,11,13,15,19,22H,10,12,14H2. The van der Waals surface area contributed by atoms with E-state index in [9.17, 15) is 5.11 Å². The molecule has 0 saturated carbocycles. The highest BCUT2D eigenvalue weighted by Crippen LogP contribution is 2.25. The lowest BCUT2D eigenvalue weighted by molar-refractivity contribution is 0.161. The molecule has 0 fully saturated rings. The number of aryl methyl sites for hydroxylation is 1. The van der Waals surface area contributed by atoms with Crippen molar-refractivity contribution in [3.63, 3.8) is 0 Å². The van der Waals surface area contributed by atoms with Gasteiger partial charge < -0.3 is 9.67 Å². The summed E-state index contributed by atoms with van der Waals surface area (Å²) in [5.74, 6) is 0.962. The first-order chi connectivity index (χ1) is 11.3. The Morgan fingerprint density at radius 1 is 1.04 bits per heavy atom. The number of hydrogen-bond donors (Lipinski definition) is 1. The molecule has 0 bridgehead atoms. The van der Waals surface area contributed by atoms with E-state index in [0.29, 0.717) is 6.42 Å². The SMILES string of the molecule is OC(CCn1ccnc1)c1ccc(SCc2ccccc2)cc1. The third kappa shape index (κ3) is 4.71. The van der Waals surface area contributed by atoms with E-state index in [0.717, 1.165) is 17.9 Å². The van der Waals surface area contributed by atoms with Gasteiger partial charge in [0.25, 0.3) is 0 Å². The smallest absolute Gasteiger partial charge is 0.0945 e. The molecule has 3 rings (SSSR count). The van der Waals surface area contributed by atoms with Crippen LogP contribution in [0.2, 0.25) is 0 Å². The highest BCUT2D eigenvalue weighted by molar-refractivity contribution is 7.98. The fraction of sp³-hybridized carbons (Fsp3) is 0.211. The van der Waals surface area contributed by atoms with Crippen LogP contribution in [0.4, 0.5) is 0 Å². The van der Waals surface area contributed by atoms with Crippen molar-refractivity contribution in [2.75, 3.05) is 0 Å². The zero-order valence-corrected chi connectivity index (χ0v) is 13.7. The van der Waals surface area contributed by atoms with Crippen LogP contribution in [0.25, 0.3) is 0 Å². The molecule has 1 unspecified atom stereocenters. The molecule has 0 aliphatic carbocycles. The second kappa shape index (κ2) is 7.99. The van der Waals surface area contributed by atoms with Gasteiger partial charge in [0.05, 0.1) is 12.4 Å². The molecule has 1 N–H and O–H groups in total. The van der Waals surface area contributed by atoms with E-state index in [2.05, 4.69) is 41.4 Å². The van der Waals surface area contributed by atoms with Gasteiger partial charge in [0.2, 0.25) is 0 Å². The molecule has 3 aromatic rings. The van der Waals surface area contributed by atoms with E-state index in [1.807, 2.05) is 40.7 Å². The zero-order chi connectivity index (χ0) is 15.9. The minimum Gasteiger partial charge on any atom is -0.388 e. The molecule has 4 heteroatoms. The molecule has 23 heavy (non-hydrogen) atoms. The quantitative estimate of drug-likeness (QED) is 0.659. The Bertz CT molecular complexity index is 696. The van der Waals surface area contributed by atoms with Gasteiger partial charge >= 0.3 is 0 Å². The molecule has 0 aliphatic rings. The van der Waals surface area contributed by atoms with Gasteiger partial charge in [-0.1, -0.05) is 42.5 Å². The normalized spacial score (nSPS) is 12.2. The third-order valence-electron chi connectivity index (χ3n) is 3.73. The monoisotopic (exact) mass is 324 g/mol. The summed E-state index contributed by atoms with van der Waals surface area (Å²) in [5, 5.41) is 10.3. The van der Waals surface area contributed by atoms with Crippen molar-refractivity contribution in [1.29, 1.82) is 0 Å². The van der Waals surface area contributed by atoms with Gasteiger partial charge in [-0.2, -0.15) is 0 Å². The van der Waals surface area contributed by atoms with Crippen LogP contribution in [0.5, 0.6) is 0 Å². The molecule has 1 aromatic heterocycles. The number of thioether (sulfide) groups is 1. The Balaban J connectivity index is 1.52. The molecule has 0 saturated heterocycles. The van der Waals surface area contributed by atoms with Crippen LogP contribution in [-0.4, -0.2) is 14.7 Å². The highest BCUT2D eigenvalue weighted by Gasteiger charge is 2.07. The number of aliphatic hydroxyl groups excluding tert-OH is 1. The van der Waals surface area contributed by atoms with Crippen LogP contribution in [-0.2, 0) is 12.3 Å². The average molecular weight is 324 g/mol. The highest BCUT2D eigenvalue weighted by atomic mass is 32.2. The van der Waals surface area contributed by atoms with Crippen LogP contribution in [0.15, 0.2) is 78.2 Å². The van der Waals surface area contributed by atoms with Crippen LogP contribution < -0.4 is 0 Å². The zero-order valence-electron chi connectivity index (χ0n) is 12.9. The molecule has 0 spiro atoms. The summed E-state index contributed by atoms with van der Waals surface area (Å²) < 4.78 is 1.98. The van der Waals surface area contributed by atoms with E-state index in [1.165, 1.54) is 10.5 Å². The minimum atomic E-state index is -0.439. The number of hydrogen-bond acceptors (Lipinski definition) is 3. The lowest BCUT2D eigenvalue weighted by Crippen LogP contribution is -2.03. The van der Waals surface area contributed by atoms with Gasteiger partial charge in [0.1, 0.15) is 0 Å². The van der Waals surface area contributed by atoms with E-state index in [1.54, 1.807) is 12.5 Å². The summed E-state index contributed by atoms with van der Waals surface area (Å²) in [7, 11) is 0. The van der Waals surface area contributed by atoms with Crippen LogP contribution in [0.1, 0.15) is 23.7 Å². The molecule has 0 aliphatic heterocycles. The summed E-state index contributed by atoms with van der Waals surface area (Å²) in [6.07, 6.45) is 5.69. The lowest BCUT2D eigenvalue weighted by atomic mass is 10.1. The van der Waals surface area contributed by atoms with Gasteiger partial charge in [0.15, 0.2) is 0 Å². The number of benzene rings is 2.